The average Bonchev–Trinajstić information content (AvgIpc) is 3.54. The summed E-state index contributed by atoms with van der Waals surface area (Å²) in [5, 5.41) is 15.0. The van der Waals surface area contributed by atoms with Gasteiger partial charge in [0.05, 0.1) is 31.1 Å². The van der Waals surface area contributed by atoms with E-state index in [2.05, 4.69) is 42.1 Å². The molecule has 0 saturated heterocycles. The van der Waals surface area contributed by atoms with E-state index in [4.69, 9.17) is 9.47 Å². The van der Waals surface area contributed by atoms with Gasteiger partial charge in [0.2, 0.25) is 0 Å². The van der Waals surface area contributed by atoms with E-state index in [0.717, 1.165) is 70.7 Å². The van der Waals surface area contributed by atoms with Crippen LogP contribution in [0.25, 0.3) is 21.7 Å². The highest BCUT2D eigenvalue weighted by Crippen LogP contribution is 2.47. The molecule has 0 spiro atoms. The number of methoxy groups -OCH3 is 2. The van der Waals surface area contributed by atoms with E-state index >= 15 is 0 Å². The first-order valence-electron chi connectivity index (χ1n) is 13.9. The Balaban J connectivity index is 1.69. The molecule has 0 radical (unpaired) electrons. The Labute approximate surface area is 239 Å². The summed E-state index contributed by atoms with van der Waals surface area (Å²) in [6.07, 6.45) is 2.71. The lowest BCUT2D eigenvalue weighted by atomic mass is 9.91. The molecule has 0 aliphatic carbocycles. The van der Waals surface area contributed by atoms with E-state index in [0.29, 0.717) is 17.9 Å². The van der Waals surface area contributed by atoms with Crippen LogP contribution in [0.3, 0.4) is 0 Å². The maximum atomic E-state index is 14.3. The van der Waals surface area contributed by atoms with Crippen LogP contribution in [0.15, 0.2) is 29.6 Å². The van der Waals surface area contributed by atoms with Crippen molar-refractivity contribution >= 4 is 23.2 Å². The first-order valence-corrected chi connectivity index (χ1v) is 14.8. The van der Waals surface area contributed by atoms with Gasteiger partial charge < -0.3 is 29.4 Å². The number of hydrogen-bond donors (Lipinski definition) is 2. The number of rotatable bonds is 7. The Morgan fingerprint density at radius 3 is 2.62 bits per heavy atom. The molecule has 8 nitrogen and oxygen atoms in total. The Hall–Kier alpha value is -3.14. The largest absolute Gasteiger partial charge is 0.496 e. The second-order valence-electron chi connectivity index (χ2n) is 11.5. The Morgan fingerprint density at radius 2 is 1.95 bits per heavy atom. The SMILES string of the molecule is COCC(O)CNC(=O)c1cc2c(cc1OC)CCn1c3c(c(-c4cccs4)c1-2)CCCCN(C(C)(C)C)C3=O. The molecule has 5 rings (SSSR count). The summed E-state index contributed by atoms with van der Waals surface area (Å²) in [5.74, 6) is 0.237. The molecular formula is C31H39N3O5S. The fourth-order valence-electron chi connectivity index (χ4n) is 5.97. The van der Waals surface area contributed by atoms with Crippen LogP contribution in [0.2, 0.25) is 0 Å². The number of benzene rings is 1. The third-order valence-electron chi connectivity index (χ3n) is 7.83. The van der Waals surface area contributed by atoms with Crippen molar-refractivity contribution in [3.05, 3.63) is 52.0 Å². The molecule has 2 aromatic heterocycles. The van der Waals surface area contributed by atoms with Crippen molar-refractivity contribution in [1.29, 1.82) is 0 Å². The maximum absolute atomic E-state index is 14.3. The zero-order chi connectivity index (χ0) is 28.6. The first kappa shape index (κ1) is 28.4. The van der Waals surface area contributed by atoms with E-state index in [1.54, 1.807) is 18.4 Å². The van der Waals surface area contributed by atoms with Gasteiger partial charge >= 0.3 is 0 Å². The number of hydrogen-bond acceptors (Lipinski definition) is 6. The van der Waals surface area contributed by atoms with Crippen LogP contribution < -0.4 is 10.1 Å². The second kappa shape index (κ2) is 11.4. The van der Waals surface area contributed by atoms with Crippen molar-refractivity contribution in [1.82, 2.24) is 14.8 Å². The van der Waals surface area contributed by atoms with E-state index in [1.807, 2.05) is 23.1 Å². The maximum Gasteiger partial charge on any atom is 0.271 e. The van der Waals surface area contributed by atoms with Crippen LogP contribution in [-0.2, 0) is 24.1 Å². The lowest BCUT2D eigenvalue weighted by Crippen LogP contribution is -2.47. The molecule has 1 unspecified atom stereocenters. The molecule has 3 aromatic rings. The van der Waals surface area contributed by atoms with Gasteiger partial charge in [-0.1, -0.05) is 6.07 Å². The minimum Gasteiger partial charge on any atom is -0.496 e. The van der Waals surface area contributed by atoms with Crippen LogP contribution in [0.5, 0.6) is 5.75 Å². The average molecular weight is 566 g/mol. The summed E-state index contributed by atoms with van der Waals surface area (Å²) in [5.41, 5.74) is 6.11. The fourth-order valence-corrected chi connectivity index (χ4v) is 6.77. The third kappa shape index (κ3) is 5.18. The Kier molecular flexibility index (Phi) is 8.08. The van der Waals surface area contributed by atoms with E-state index < -0.39 is 6.10 Å². The number of thiophene rings is 1. The van der Waals surface area contributed by atoms with Crippen molar-refractivity contribution in [3.63, 3.8) is 0 Å². The van der Waals surface area contributed by atoms with Crippen LogP contribution >= 0.6 is 11.3 Å². The number of aliphatic hydroxyl groups excluding tert-OH is 1. The number of aliphatic hydroxyl groups is 1. The third-order valence-corrected chi connectivity index (χ3v) is 8.72. The standard InChI is InChI=1S/C31H39N3O5S/c1-31(2,3)34-12-7-6-9-21-26(25-10-8-14-40-25)27-22-16-23(29(36)32-17-20(35)18-38-4)24(39-5)15-19(22)11-13-33(27)28(21)30(34)37/h8,10,14-16,20,35H,6-7,9,11-13,17-18H2,1-5H3,(H,32,36). The van der Waals surface area contributed by atoms with Crippen molar-refractivity contribution in [2.24, 2.45) is 0 Å². The van der Waals surface area contributed by atoms with Gasteiger partial charge in [-0.2, -0.15) is 0 Å². The Bertz CT molecular complexity index is 1400. The van der Waals surface area contributed by atoms with Gasteiger partial charge in [0.1, 0.15) is 11.4 Å². The smallest absolute Gasteiger partial charge is 0.271 e. The van der Waals surface area contributed by atoms with Gasteiger partial charge in [-0.15, -0.1) is 11.3 Å². The first-order chi connectivity index (χ1) is 19.2. The molecule has 0 bridgehead atoms. The molecule has 2 aliphatic heterocycles. The van der Waals surface area contributed by atoms with Crippen LogP contribution in [0.4, 0.5) is 0 Å². The van der Waals surface area contributed by atoms with Crippen molar-refractivity contribution < 1.29 is 24.2 Å². The molecule has 2 aliphatic rings. The molecule has 214 valence electrons. The van der Waals surface area contributed by atoms with Crippen molar-refractivity contribution in [2.45, 2.75) is 64.6 Å². The van der Waals surface area contributed by atoms with Crippen LogP contribution in [-0.4, -0.2) is 71.9 Å². The number of carbonyl (C=O) groups is 2. The number of carbonyl (C=O) groups excluding carboxylic acids is 2. The predicted molar refractivity (Wildman–Crippen MR) is 157 cm³/mol. The number of nitrogens with one attached hydrogen (secondary N) is 1. The van der Waals surface area contributed by atoms with Gasteiger partial charge in [-0.05, 0) is 81.2 Å². The molecule has 40 heavy (non-hydrogen) atoms. The van der Waals surface area contributed by atoms with Gasteiger partial charge in [-0.3, -0.25) is 9.59 Å². The summed E-state index contributed by atoms with van der Waals surface area (Å²) < 4.78 is 12.8. The summed E-state index contributed by atoms with van der Waals surface area (Å²) >= 11 is 1.67. The number of aryl methyl sites for hydroxylation is 1. The molecule has 4 heterocycles. The number of fused-ring (bicyclic) bond motifs is 5. The lowest BCUT2D eigenvalue weighted by molar-refractivity contribution is 0.0558. The summed E-state index contributed by atoms with van der Waals surface area (Å²) in [4.78, 5) is 30.7. The quantitative estimate of drug-likeness (QED) is 0.431. The van der Waals surface area contributed by atoms with Gasteiger partial charge in [0.15, 0.2) is 0 Å². The molecular weight excluding hydrogens is 526 g/mol. The topological polar surface area (TPSA) is 93.0 Å². The number of aromatic nitrogens is 1. The molecule has 2 amide bonds. The second-order valence-corrected chi connectivity index (χ2v) is 12.5. The van der Waals surface area contributed by atoms with Crippen molar-refractivity contribution in [2.75, 3.05) is 33.9 Å². The summed E-state index contributed by atoms with van der Waals surface area (Å²) in [6.45, 7) is 7.91. The molecule has 1 aromatic carbocycles. The highest BCUT2D eigenvalue weighted by Gasteiger charge is 2.37. The number of ether oxygens (including phenoxy) is 2. The van der Waals surface area contributed by atoms with E-state index in [-0.39, 0.29) is 30.5 Å². The monoisotopic (exact) mass is 565 g/mol. The fraction of sp³-hybridized carbons (Fsp3) is 0.484. The Morgan fingerprint density at radius 1 is 1.15 bits per heavy atom. The summed E-state index contributed by atoms with van der Waals surface area (Å²) in [7, 11) is 3.07. The predicted octanol–water partition coefficient (Wildman–Crippen LogP) is 4.76. The normalized spacial score (nSPS) is 15.9. The molecule has 1 atom stereocenters. The van der Waals surface area contributed by atoms with E-state index in [9.17, 15) is 14.7 Å². The van der Waals surface area contributed by atoms with Crippen LogP contribution in [0, 0.1) is 0 Å². The highest BCUT2D eigenvalue weighted by atomic mass is 32.1. The zero-order valence-electron chi connectivity index (χ0n) is 24.0. The minimum atomic E-state index is -0.809. The molecule has 0 fully saturated rings. The van der Waals surface area contributed by atoms with Crippen molar-refractivity contribution in [3.8, 4) is 27.4 Å². The number of amides is 2. The minimum absolute atomic E-state index is 0.0647. The van der Waals surface area contributed by atoms with Gasteiger partial charge in [-0.25, -0.2) is 0 Å². The number of nitrogens with zero attached hydrogens (tertiary/aromatic N) is 2. The zero-order valence-corrected chi connectivity index (χ0v) is 24.8. The van der Waals surface area contributed by atoms with Gasteiger partial charge in [0, 0.05) is 48.3 Å². The van der Waals surface area contributed by atoms with E-state index in [1.165, 1.54) is 7.11 Å². The highest BCUT2D eigenvalue weighted by molar-refractivity contribution is 7.13. The molecule has 0 saturated carbocycles. The van der Waals surface area contributed by atoms with Crippen LogP contribution in [0.1, 0.15) is 65.6 Å². The molecule has 2 N–H and O–H groups in total. The summed E-state index contributed by atoms with van der Waals surface area (Å²) in [6, 6.07) is 8.01. The van der Waals surface area contributed by atoms with Gasteiger partial charge in [0.25, 0.3) is 11.8 Å². The lowest BCUT2D eigenvalue weighted by Gasteiger charge is -2.37. The molecule has 9 heteroatoms.